The minimum atomic E-state index is -0.208. The van der Waals surface area contributed by atoms with Gasteiger partial charge in [0.1, 0.15) is 11.5 Å². The molecule has 3 N–H and O–H groups in total. The Bertz CT molecular complexity index is 489. The Morgan fingerprint density at radius 2 is 1.95 bits per heavy atom. The van der Waals surface area contributed by atoms with E-state index >= 15 is 0 Å². The zero-order valence-corrected chi connectivity index (χ0v) is 13.5. The van der Waals surface area contributed by atoms with E-state index in [9.17, 15) is 4.79 Å². The number of rotatable bonds is 7. The topological polar surface area (TPSA) is 73.6 Å². The van der Waals surface area contributed by atoms with Crippen LogP contribution in [0.3, 0.4) is 0 Å². The van der Waals surface area contributed by atoms with Gasteiger partial charge in [-0.15, -0.1) is 0 Å². The molecule has 0 aliphatic carbocycles. The van der Waals surface area contributed by atoms with Crippen LogP contribution in [0, 0.1) is 5.92 Å². The van der Waals surface area contributed by atoms with Gasteiger partial charge in [0.2, 0.25) is 0 Å². The second-order valence-corrected chi connectivity index (χ2v) is 5.41. The van der Waals surface area contributed by atoms with Crippen molar-refractivity contribution in [3.63, 3.8) is 0 Å². The van der Waals surface area contributed by atoms with Crippen LogP contribution in [0.2, 0.25) is 0 Å². The number of ether oxygens (including phenoxy) is 2. The summed E-state index contributed by atoms with van der Waals surface area (Å²) < 4.78 is 10.4. The average molecular weight is 294 g/mol. The summed E-state index contributed by atoms with van der Waals surface area (Å²) in [6.45, 7) is 6.31. The monoisotopic (exact) mass is 294 g/mol. The van der Waals surface area contributed by atoms with Crippen molar-refractivity contribution in [2.45, 2.75) is 39.7 Å². The number of nitrogen functional groups attached to an aromatic ring is 1. The van der Waals surface area contributed by atoms with Crippen molar-refractivity contribution < 1.29 is 14.3 Å². The lowest BCUT2D eigenvalue weighted by molar-refractivity contribution is 0.0935. The first-order valence-electron chi connectivity index (χ1n) is 7.25. The van der Waals surface area contributed by atoms with Gasteiger partial charge in [0.15, 0.2) is 0 Å². The lowest BCUT2D eigenvalue weighted by atomic mass is 10.00. The fourth-order valence-electron chi connectivity index (χ4n) is 2.21. The smallest absolute Gasteiger partial charge is 0.253 e. The first-order valence-corrected chi connectivity index (χ1v) is 7.25. The highest BCUT2D eigenvalue weighted by molar-refractivity contribution is 6.01. The highest BCUT2D eigenvalue weighted by Gasteiger charge is 2.18. The predicted octanol–water partition coefficient (Wildman–Crippen LogP) is 2.84. The van der Waals surface area contributed by atoms with Gasteiger partial charge in [0, 0.05) is 12.1 Å². The maximum absolute atomic E-state index is 12.4. The number of benzene rings is 1. The summed E-state index contributed by atoms with van der Waals surface area (Å²) in [5, 5.41) is 2.97. The average Bonchev–Trinajstić information content (AvgIpc) is 2.46. The third-order valence-electron chi connectivity index (χ3n) is 3.65. The molecule has 0 saturated carbocycles. The van der Waals surface area contributed by atoms with Gasteiger partial charge >= 0.3 is 0 Å². The van der Waals surface area contributed by atoms with Gasteiger partial charge in [-0.25, -0.2) is 0 Å². The molecule has 5 heteroatoms. The van der Waals surface area contributed by atoms with Crippen LogP contribution in [0.15, 0.2) is 12.1 Å². The van der Waals surface area contributed by atoms with E-state index in [1.165, 1.54) is 14.2 Å². The molecule has 0 aromatic heterocycles. The summed E-state index contributed by atoms with van der Waals surface area (Å²) in [7, 11) is 3.05. The van der Waals surface area contributed by atoms with E-state index < -0.39 is 0 Å². The van der Waals surface area contributed by atoms with Crippen LogP contribution >= 0.6 is 0 Å². The van der Waals surface area contributed by atoms with E-state index in [2.05, 4.69) is 19.2 Å². The molecule has 1 amide bonds. The maximum Gasteiger partial charge on any atom is 0.253 e. The van der Waals surface area contributed by atoms with Crippen LogP contribution in [0.4, 0.5) is 5.69 Å². The van der Waals surface area contributed by atoms with Crippen molar-refractivity contribution in [1.82, 2.24) is 5.32 Å². The SMILES string of the molecule is CCC(C)CC(C)NC(=O)c1cc(OC)cc(OC)c1N. The Hall–Kier alpha value is -1.91. The Balaban J connectivity index is 2.91. The molecule has 0 fully saturated rings. The summed E-state index contributed by atoms with van der Waals surface area (Å²) in [5.74, 6) is 1.34. The molecule has 1 rings (SSSR count). The van der Waals surface area contributed by atoms with Crippen LogP contribution in [0.25, 0.3) is 0 Å². The molecule has 1 aromatic carbocycles. The standard InChI is InChI=1S/C16H26N2O3/c1-6-10(2)7-11(3)18-16(19)13-8-12(20-4)9-14(21-5)15(13)17/h8-11H,6-7,17H2,1-5H3,(H,18,19). The molecule has 2 atom stereocenters. The molecule has 0 spiro atoms. The number of methoxy groups -OCH3 is 2. The van der Waals surface area contributed by atoms with Crippen molar-refractivity contribution in [3.8, 4) is 11.5 Å². The van der Waals surface area contributed by atoms with Gasteiger partial charge in [0.05, 0.1) is 25.5 Å². The van der Waals surface area contributed by atoms with Crippen molar-refractivity contribution in [2.24, 2.45) is 5.92 Å². The normalized spacial score (nSPS) is 13.4. The summed E-state index contributed by atoms with van der Waals surface area (Å²) in [5.41, 5.74) is 6.68. The van der Waals surface area contributed by atoms with E-state index in [1.54, 1.807) is 12.1 Å². The highest BCUT2D eigenvalue weighted by Crippen LogP contribution is 2.31. The maximum atomic E-state index is 12.4. The van der Waals surface area contributed by atoms with Crippen LogP contribution in [0.5, 0.6) is 11.5 Å². The molecule has 0 radical (unpaired) electrons. The summed E-state index contributed by atoms with van der Waals surface area (Å²) >= 11 is 0. The molecule has 0 saturated heterocycles. The van der Waals surface area contributed by atoms with Crippen LogP contribution in [0.1, 0.15) is 44.0 Å². The molecule has 0 aliphatic heterocycles. The molecular formula is C16H26N2O3. The van der Waals surface area contributed by atoms with Crippen molar-refractivity contribution >= 4 is 11.6 Å². The molecular weight excluding hydrogens is 268 g/mol. The van der Waals surface area contributed by atoms with Gasteiger partial charge in [-0.3, -0.25) is 4.79 Å². The molecule has 0 aliphatic rings. The van der Waals surface area contributed by atoms with Gasteiger partial charge in [-0.2, -0.15) is 0 Å². The molecule has 2 unspecified atom stereocenters. The zero-order valence-electron chi connectivity index (χ0n) is 13.5. The largest absolute Gasteiger partial charge is 0.497 e. The Morgan fingerprint density at radius 1 is 1.29 bits per heavy atom. The fourth-order valence-corrected chi connectivity index (χ4v) is 2.21. The number of amides is 1. The molecule has 118 valence electrons. The fraction of sp³-hybridized carbons (Fsp3) is 0.562. The second kappa shape index (κ2) is 7.76. The number of anilines is 1. The van der Waals surface area contributed by atoms with Crippen LogP contribution in [-0.4, -0.2) is 26.2 Å². The summed E-state index contributed by atoms with van der Waals surface area (Å²) in [4.78, 5) is 12.4. The van der Waals surface area contributed by atoms with E-state index in [4.69, 9.17) is 15.2 Å². The van der Waals surface area contributed by atoms with E-state index in [-0.39, 0.29) is 11.9 Å². The zero-order chi connectivity index (χ0) is 16.0. The number of hydrogen-bond acceptors (Lipinski definition) is 4. The summed E-state index contributed by atoms with van der Waals surface area (Å²) in [6, 6.07) is 3.38. The van der Waals surface area contributed by atoms with Gasteiger partial charge < -0.3 is 20.5 Å². The Morgan fingerprint density at radius 3 is 2.48 bits per heavy atom. The number of nitrogens with two attached hydrogens (primary N) is 1. The van der Waals surface area contributed by atoms with E-state index in [0.29, 0.717) is 28.7 Å². The van der Waals surface area contributed by atoms with E-state index in [0.717, 1.165) is 12.8 Å². The van der Waals surface area contributed by atoms with Crippen molar-refractivity contribution in [1.29, 1.82) is 0 Å². The van der Waals surface area contributed by atoms with Crippen LogP contribution < -0.4 is 20.5 Å². The van der Waals surface area contributed by atoms with E-state index in [1.807, 2.05) is 6.92 Å². The lowest BCUT2D eigenvalue weighted by Crippen LogP contribution is -2.34. The molecule has 5 nitrogen and oxygen atoms in total. The number of carbonyl (C=O) groups excluding carboxylic acids is 1. The molecule has 21 heavy (non-hydrogen) atoms. The molecule has 1 aromatic rings. The van der Waals surface area contributed by atoms with Gasteiger partial charge in [-0.05, 0) is 25.3 Å². The Labute approximate surface area is 126 Å². The number of hydrogen-bond donors (Lipinski definition) is 2. The molecule has 0 heterocycles. The quantitative estimate of drug-likeness (QED) is 0.758. The van der Waals surface area contributed by atoms with Crippen molar-refractivity contribution in [3.05, 3.63) is 17.7 Å². The summed E-state index contributed by atoms with van der Waals surface area (Å²) in [6.07, 6.45) is 2.03. The first-order chi connectivity index (χ1) is 9.92. The first kappa shape index (κ1) is 17.1. The molecule has 0 bridgehead atoms. The third kappa shape index (κ3) is 4.55. The number of carbonyl (C=O) groups is 1. The minimum Gasteiger partial charge on any atom is -0.497 e. The van der Waals surface area contributed by atoms with Gasteiger partial charge in [0.25, 0.3) is 5.91 Å². The van der Waals surface area contributed by atoms with Crippen molar-refractivity contribution in [2.75, 3.05) is 20.0 Å². The Kier molecular flexibility index (Phi) is 6.34. The second-order valence-electron chi connectivity index (χ2n) is 5.41. The predicted molar refractivity (Wildman–Crippen MR) is 85.0 cm³/mol. The lowest BCUT2D eigenvalue weighted by Gasteiger charge is -2.19. The number of nitrogens with one attached hydrogen (secondary N) is 1. The van der Waals surface area contributed by atoms with Gasteiger partial charge in [-0.1, -0.05) is 20.3 Å². The highest BCUT2D eigenvalue weighted by atomic mass is 16.5. The van der Waals surface area contributed by atoms with Crippen LogP contribution in [-0.2, 0) is 0 Å². The minimum absolute atomic E-state index is 0.0871. The third-order valence-corrected chi connectivity index (χ3v) is 3.65.